The van der Waals surface area contributed by atoms with Crippen molar-refractivity contribution in [2.75, 3.05) is 27.8 Å². The van der Waals surface area contributed by atoms with Gasteiger partial charge in [-0.05, 0) is 18.9 Å². The zero-order valence-electron chi connectivity index (χ0n) is 14.3. The number of methoxy groups -OCH3 is 2. The maximum Gasteiger partial charge on any atom is 0.375 e. The molecule has 0 saturated carbocycles. The van der Waals surface area contributed by atoms with Gasteiger partial charge in [0.15, 0.2) is 17.1 Å². The number of nitrogens with one attached hydrogen (secondary N) is 1. The van der Waals surface area contributed by atoms with Gasteiger partial charge < -0.3 is 29.0 Å². The molecule has 2 fully saturated rings. The maximum atomic E-state index is 11.6. The van der Waals surface area contributed by atoms with Gasteiger partial charge in [0.05, 0.1) is 7.05 Å². The molecule has 2 aliphatic rings. The van der Waals surface area contributed by atoms with Crippen molar-refractivity contribution in [1.29, 1.82) is 0 Å². The largest absolute Gasteiger partial charge is 0.377 e. The molecule has 0 aliphatic carbocycles. The van der Waals surface area contributed by atoms with Crippen molar-refractivity contribution in [3.8, 4) is 0 Å². The summed E-state index contributed by atoms with van der Waals surface area (Å²) >= 11 is 0. The molecule has 2 heterocycles. The fourth-order valence-corrected chi connectivity index (χ4v) is 2.78. The summed E-state index contributed by atoms with van der Waals surface area (Å²) < 4.78 is 28.1. The molecule has 0 bridgehead atoms. The van der Waals surface area contributed by atoms with Crippen LogP contribution in [0, 0.1) is 10.1 Å². The Kier molecular flexibility index (Phi) is 5.60. The van der Waals surface area contributed by atoms with E-state index < -0.39 is 47.6 Å². The third-order valence-electron chi connectivity index (χ3n) is 3.96. The number of fused-ring (bicyclic) bond motifs is 1. The van der Waals surface area contributed by atoms with Crippen LogP contribution in [0.3, 0.4) is 0 Å². The Morgan fingerprint density at radius 1 is 1.42 bits per heavy atom. The molecule has 0 spiro atoms. The first kappa shape index (κ1) is 18.8. The van der Waals surface area contributed by atoms with E-state index in [0.717, 1.165) is 7.05 Å². The Bertz CT molecular complexity index is 488. The summed E-state index contributed by atoms with van der Waals surface area (Å²) in [6.45, 7) is 3.55. The number of hydrogen-bond donors (Lipinski definition) is 1. The number of ether oxygens (including phenoxy) is 5. The number of amides is 2. The van der Waals surface area contributed by atoms with Gasteiger partial charge in [0.25, 0.3) is 0 Å². The third kappa shape index (κ3) is 3.75. The second-order valence-corrected chi connectivity index (χ2v) is 5.99. The molecule has 0 aromatic rings. The highest BCUT2D eigenvalue weighted by Crippen LogP contribution is 2.39. The molecule has 2 aliphatic heterocycles. The number of nitro groups is 1. The molecule has 11 heteroatoms. The van der Waals surface area contributed by atoms with Crippen LogP contribution in [-0.4, -0.2) is 80.4 Å². The van der Waals surface area contributed by atoms with Crippen LogP contribution < -0.4 is 5.32 Å². The van der Waals surface area contributed by atoms with Crippen molar-refractivity contribution in [2.45, 2.75) is 50.3 Å². The van der Waals surface area contributed by atoms with E-state index in [1.54, 1.807) is 13.8 Å². The van der Waals surface area contributed by atoms with Crippen LogP contribution in [0.25, 0.3) is 0 Å². The Morgan fingerprint density at radius 3 is 2.62 bits per heavy atom. The van der Waals surface area contributed by atoms with Gasteiger partial charge >= 0.3 is 6.03 Å². The van der Waals surface area contributed by atoms with Crippen LogP contribution in [0.4, 0.5) is 4.79 Å². The van der Waals surface area contributed by atoms with Gasteiger partial charge in [-0.25, -0.2) is 14.9 Å². The number of urea groups is 1. The van der Waals surface area contributed by atoms with Crippen LogP contribution in [0.1, 0.15) is 13.8 Å². The fraction of sp³-hybridized carbons (Fsp3) is 0.923. The number of carbonyl (C=O) groups excluding carboxylic acids is 1. The van der Waals surface area contributed by atoms with E-state index in [4.69, 9.17) is 23.7 Å². The van der Waals surface area contributed by atoms with Crippen molar-refractivity contribution in [3.63, 3.8) is 0 Å². The monoisotopic (exact) mass is 349 g/mol. The molecule has 2 rings (SSSR count). The van der Waals surface area contributed by atoms with Gasteiger partial charge in [-0.2, -0.15) is 0 Å². The molecular weight excluding hydrogens is 326 g/mol. The normalized spacial score (nSPS) is 32.2. The minimum atomic E-state index is -0.858. The van der Waals surface area contributed by atoms with E-state index in [-0.39, 0.29) is 6.54 Å². The fourth-order valence-electron chi connectivity index (χ4n) is 2.78. The molecule has 0 radical (unpaired) electrons. The first-order valence-electron chi connectivity index (χ1n) is 7.42. The average molecular weight is 349 g/mol. The standard InChI is InChI=1S/C13H23N3O8/c1-13(2)23-10-9(21-5)8(22-11(10)24-13)7(20-4)6-14-12(17)15(3)16(18)19/h7-11H,6H2,1-5H3,(H,14,17)/t7-,8-,9+,10-,11-/m1/s1. The molecule has 1 N–H and O–H groups in total. The number of hydrogen-bond acceptors (Lipinski definition) is 8. The van der Waals surface area contributed by atoms with E-state index in [2.05, 4.69) is 5.32 Å². The predicted molar refractivity (Wildman–Crippen MR) is 78.4 cm³/mol. The summed E-state index contributed by atoms with van der Waals surface area (Å²) in [6.07, 6.45) is -2.66. The van der Waals surface area contributed by atoms with Gasteiger partial charge in [0.2, 0.25) is 0 Å². The van der Waals surface area contributed by atoms with Crippen molar-refractivity contribution in [2.24, 2.45) is 0 Å². The zero-order chi connectivity index (χ0) is 18.1. The number of rotatable bonds is 6. The predicted octanol–water partition coefficient (Wildman–Crippen LogP) is -0.274. The quantitative estimate of drug-likeness (QED) is 0.513. The maximum absolute atomic E-state index is 11.6. The first-order valence-corrected chi connectivity index (χ1v) is 7.42. The van der Waals surface area contributed by atoms with E-state index in [9.17, 15) is 14.9 Å². The van der Waals surface area contributed by atoms with Gasteiger partial charge in [-0.1, -0.05) is 0 Å². The molecule has 0 aromatic heterocycles. The van der Waals surface area contributed by atoms with E-state index in [1.165, 1.54) is 14.2 Å². The molecule has 0 aromatic carbocycles. The van der Waals surface area contributed by atoms with E-state index in [0.29, 0.717) is 5.01 Å². The average Bonchev–Trinajstić information content (AvgIpc) is 2.98. The highest BCUT2D eigenvalue weighted by molar-refractivity contribution is 5.72. The molecule has 5 atom stereocenters. The van der Waals surface area contributed by atoms with Crippen LogP contribution in [-0.2, 0) is 23.7 Å². The molecule has 2 saturated heterocycles. The zero-order valence-corrected chi connectivity index (χ0v) is 14.3. The molecular formula is C13H23N3O8. The summed E-state index contributed by atoms with van der Waals surface area (Å²) in [5.41, 5.74) is 0. The number of carbonyl (C=O) groups is 1. The van der Waals surface area contributed by atoms with Crippen molar-refractivity contribution in [1.82, 2.24) is 10.3 Å². The highest BCUT2D eigenvalue weighted by Gasteiger charge is 2.57. The SMILES string of the molecule is CO[C@@H]1[C@H]2OC(C)(C)O[C@H]2O[C@@H]1[C@@H](CNC(=O)N(C)[N+](=O)[O-])OC. The van der Waals surface area contributed by atoms with Crippen LogP contribution in [0.2, 0.25) is 0 Å². The molecule has 138 valence electrons. The minimum Gasteiger partial charge on any atom is -0.377 e. The summed E-state index contributed by atoms with van der Waals surface area (Å²) in [5, 5.41) is 12.5. The molecule has 11 nitrogen and oxygen atoms in total. The van der Waals surface area contributed by atoms with Gasteiger partial charge in [0.1, 0.15) is 24.4 Å². The summed E-state index contributed by atoms with van der Waals surface area (Å²) in [7, 11) is 4.02. The van der Waals surface area contributed by atoms with Crippen molar-refractivity contribution >= 4 is 6.03 Å². The third-order valence-corrected chi connectivity index (χ3v) is 3.96. The van der Waals surface area contributed by atoms with Gasteiger partial charge in [0, 0.05) is 20.8 Å². The Labute approximate surface area is 139 Å². The number of hydrazine groups is 1. The van der Waals surface area contributed by atoms with Gasteiger partial charge in [-0.15, -0.1) is 0 Å². The number of nitrogens with zero attached hydrogens (tertiary/aromatic N) is 2. The second kappa shape index (κ2) is 7.15. The van der Waals surface area contributed by atoms with Crippen molar-refractivity contribution < 1.29 is 33.5 Å². The lowest BCUT2D eigenvalue weighted by Gasteiger charge is -2.29. The lowest BCUT2D eigenvalue weighted by atomic mass is 10.1. The van der Waals surface area contributed by atoms with Crippen molar-refractivity contribution in [3.05, 3.63) is 10.1 Å². The van der Waals surface area contributed by atoms with E-state index >= 15 is 0 Å². The summed E-state index contributed by atoms with van der Waals surface area (Å²) in [6, 6.07) is -0.858. The van der Waals surface area contributed by atoms with Crippen LogP contribution in [0.15, 0.2) is 0 Å². The van der Waals surface area contributed by atoms with Crippen LogP contribution >= 0.6 is 0 Å². The Morgan fingerprint density at radius 2 is 2.08 bits per heavy atom. The lowest BCUT2D eigenvalue weighted by molar-refractivity contribution is -0.625. The van der Waals surface area contributed by atoms with Crippen LogP contribution in [0.5, 0.6) is 0 Å². The Hall–Kier alpha value is -1.53. The highest BCUT2D eigenvalue weighted by atomic mass is 16.8. The summed E-state index contributed by atoms with van der Waals surface area (Å²) in [5.74, 6) is -0.776. The molecule has 24 heavy (non-hydrogen) atoms. The van der Waals surface area contributed by atoms with Gasteiger partial charge in [-0.3, -0.25) is 0 Å². The Balaban J connectivity index is 1.98. The first-order chi connectivity index (χ1) is 11.2. The summed E-state index contributed by atoms with van der Waals surface area (Å²) in [4.78, 5) is 22.2. The molecule has 2 amide bonds. The lowest BCUT2D eigenvalue weighted by Crippen LogP contribution is -2.50. The van der Waals surface area contributed by atoms with E-state index in [1.807, 2.05) is 0 Å². The smallest absolute Gasteiger partial charge is 0.375 e. The minimum absolute atomic E-state index is 0.000866. The molecule has 0 unspecified atom stereocenters. The topological polar surface area (TPSA) is 122 Å². The second-order valence-electron chi connectivity index (χ2n) is 5.99.